The molecule has 3 N–H and O–H groups in total. The molecule has 0 bridgehead atoms. The van der Waals surface area contributed by atoms with Crippen LogP contribution >= 0.6 is 12.2 Å². The number of carbonyl (C=O) groups is 1. The smallest absolute Gasteiger partial charge is 0.235 e. The maximum absolute atomic E-state index is 13.2. The van der Waals surface area contributed by atoms with E-state index in [0.717, 1.165) is 22.4 Å². The van der Waals surface area contributed by atoms with Crippen molar-refractivity contribution in [2.24, 2.45) is 5.92 Å². The zero-order valence-corrected chi connectivity index (χ0v) is 17.2. The number of hydrogen-bond donors (Lipinski definition) is 3. The fourth-order valence-corrected chi connectivity index (χ4v) is 3.95. The molecule has 2 atom stereocenters. The Morgan fingerprint density at radius 3 is 2.66 bits per heavy atom. The van der Waals surface area contributed by atoms with Crippen LogP contribution in [-0.4, -0.2) is 24.2 Å². The van der Waals surface area contributed by atoms with E-state index in [2.05, 4.69) is 22.5 Å². The van der Waals surface area contributed by atoms with Crippen molar-refractivity contribution in [2.45, 2.75) is 19.9 Å². The lowest BCUT2D eigenvalue weighted by atomic mass is 9.88. The van der Waals surface area contributed by atoms with Gasteiger partial charge in [0.2, 0.25) is 5.91 Å². The molecule has 29 heavy (non-hydrogen) atoms. The standard InChI is InChI=1S/C22H23N3O3S/c1-12-4-6-16(13(2)10-12)24-21(26)19-14(3)23-22(29)25-20(19)15-5-7-17-18(11-15)28-9-8-27-17/h4-7,10-11,19-20H,3,8-9H2,1-2H3,(H,24,26)(H2,23,25,29)/t19-,20+/m1/s1. The summed E-state index contributed by atoms with van der Waals surface area (Å²) >= 11 is 5.31. The Kier molecular flexibility index (Phi) is 5.15. The number of nitrogens with one attached hydrogen (secondary N) is 3. The predicted octanol–water partition coefficient (Wildman–Crippen LogP) is 3.36. The third-order valence-corrected chi connectivity index (χ3v) is 5.34. The summed E-state index contributed by atoms with van der Waals surface area (Å²) in [5, 5.41) is 9.67. The van der Waals surface area contributed by atoms with Crippen LogP contribution in [0.5, 0.6) is 11.5 Å². The first-order valence-electron chi connectivity index (χ1n) is 9.46. The number of rotatable bonds is 3. The highest BCUT2D eigenvalue weighted by atomic mass is 32.1. The van der Waals surface area contributed by atoms with Crippen molar-refractivity contribution in [1.29, 1.82) is 0 Å². The van der Waals surface area contributed by atoms with Crippen molar-refractivity contribution in [2.75, 3.05) is 18.5 Å². The van der Waals surface area contributed by atoms with Gasteiger partial charge in [0.05, 0.1) is 6.04 Å². The third kappa shape index (κ3) is 3.91. The van der Waals surface area contributed by atoms with E-state index in [1.807, 2.05) is 50.2 Å². The Labute approximate surface area is 175 Å². The van der Waals surface area contributed by atoms with E-state index in [4.69, 9.17) is 21.7 Å². The van der Waals surface area contributed by atoms with Crippen LogP contribution in [0, 0.1) is 19.8 Å². The zero-order chi connectivity index (χ0) is 20.5. The molecular formula is C22H23N3O3S. The third-order valence-electron chi connectivity index (χ3n) is 5.12. The summed E-state index contributed by atoms with van der Waals surface area (Å²) in [6.07, 6.45) is 0. The van der Waals surface area contributed by atoms with Crippen LogP contribution in [0.1, 0.15) is 22.7 Å². The SMILES string of the molecule is C=C1NC(=S)N[C@@H](c2ccc3c(c2)OCCO3)[C@@H]1C(=O)Nc1ccc(C)cc1C. The van der Waals surface area contributed by atoms with Gasteiger partial charge in [-0.3, -0.25) is 4.79 Å². The number of anilines is 1. The summed E-state index contributed by atoms with van der Waals surface area (Å²) in [6.45, 7) is 9.08. The molecule has 0 aromatic heterocycles. The van der Waals surface area contributed by atoms with Crippen molar-refractivity contribution >= 4 is 28.9 Å². The topological polar surface area (TPSA) is 71.6 Å². The molecule has 4 rings (SSSR count). The molecule has 1 amide bonds. The number of hydrogen-bond acceptors (Lipinski definition) is 4. The van der Waals surface area contributed by atoms with E-state index in [9.17, 15) is 4.79 Å². The lowest BCUT2D eigenvalue weighted by Crippen LogP contribution is -2.51. The van der Waals surface area contributed by atoms with E-state index in [-0.39, 0.29) is 11.9 Å². The first-order chi connectivity index (χ1) is 13.9. The van der Waals surface area contributed by atoms with Gasteiger partial charge in [-0.15, -0.1) is 0 Å². The molecule has 2 aliphatic heterocycles. The first-order valence-corrected chi connectivity index (χ1v) is 9.87. The number of aryl methyl sites for hydroxylation is 2. The lowest BCUT2D eigenvalue weighted by molar-refractivity contribution is -0.119. The second-order valence-corrected chi connectivity index (χ2v) is 7.70. The number of fused-ring (bicyclic) bond motifs is 1. The number of amides is 1. The van der Waals surface area contributed by atoms with Gasteiger partial charge in [-0.2, -0.15) is 0 Å². The number of ether oxygens (including phenoxy) is 2. The van der Waals surface area contributed by atoms with Gasteiger partial charge in [0.25, 0.3) is 0 Å². The summed E-state index contributed by atoms with van der Waals surface area (Å²) in [5.74, 6) is 0.639. The number of carbonyl (C=O) groups excluding carboxylic acids is 1. The fourth-order valence-electron chi connectivity index (χ4n) is 3.69. The van der Waals surface area contributed by atoms with Crippen LogP contribution in [0.2, 0.25) is 0 Å². The molecule has 7 heteroatoms. The Morgan fingerprint density at radius 2 is 1.90 bits per heavy atom. The highest BCUT2D eigenvalue weighted by molar-refractivity contribution is 7.80. The minimum atomic E-state index is -0.565. The lowest BCUT2D eigenvalue weighted by Gasteiger charge is -2.36. The Bertz CT molecular complexity index is 1000. The molecule has 2 aliphatic rings. The monoisotopic (exact) mass is 409 g/mol. The van der Waals surface area contributed by atoms with Gasteiger partial charge in [-0.25, -0.2) is 0 Å². The molecule has 0 saturated carbocycles. The second kappa shape index (κ2) is 7.75. The molecule has 1 fully saturated rings. The van der Waals surface area contributed by atoms with E-state index in [0.29, 0.717) is 35.5 Å². The van der Waals surface area contributed by atoms with Gasteiger partial charge in [-0.05, 0) is 55.4 Å². The summed E-state index contributed by atoms with van der Waals surface area (Å²) in [6, 6.07) is 11.2. The Balaban J connectivity index is 1.64. The molecule has 6 nitrogen and oxygen atoms in total. The minimum Gasteiger partial charge on any atom is -0.486 e. The highest BCUT2D eigenvalue weighted by Gasteiger charge is 2.37. The molecule has 0 radical (unpaired) electrons. The van der Waals surface area contributed by atoms with Gasteiger partial charge in [0.15, 0.2) is 16.6 Å². The second-order valence-electron chi connectivity index (χ2n) is 7.29. The molecular weight excluding hydrogens is 386 g/mol. The van der Waals surface area contributed by atoms with Crippen molar-refractivity contribution in [3.8, 4) is 11.5 Å². The van der Waals surface area contributed by atoms with Gasteiger partial charge in [0.1, 0.15) is 19.1 Å². The summed E-state index contributed by atoms with van der Waals surface area (Å²) in [4.78, 5) is 13.2. The molecule has 2 aromatic rings. The first kappa shape index (κ1) is 19.3. The van der Waals surface area contributed by atoms with Crippen LogP contribution in [0.3, 0.4) is 0 Å². The number of benzene rings is 2. The van der Waals surface area contributed by atoms with Crippen LogP contribution in [0.15, 0.2) is 48.7 Å². The van der Waals surface area contributed by atoms with E-state index in [1.165, 1.54) is 0 Å². The maximum Gasteiger partial charge on any atom is 0.235 e. The molecule has 2 heterocycles. The molecule has 0 aliphatic carbocycles. The fraction of sp³-hybridized carbons (Fsp3) is 0.273. The quantitative estimate of drug-likeness (QED) is 0.676. The predicted molar refractivity (Wildman–Crippen MR) is 116 cm³/mol. The van der Waals surface area contributed by atoms with E-state index < -0.39 is 5.92 Å². The maximum atomic E-state index is 13.2. The van der Waals surface area contributed by atoms with E-state index >= 15 is 0 Å². The Morgan fingerprint density at radius 1 is 1.14 bits per heavy atom. The molecule has 0 spiro atoms. The molecule has 0 unspecified atom stereocenters. The number of thiocarbonyl (C=S) groups is 1. The molecule has 150 valence electrons. The van der Waals surface area contributed by atoms with E-state index in [1.54, 1.807) is 0 Å². The largest absolute Gasteiger partial charge is 0.486 e. The average molecular weight is 410 g/mol. The van der Waals surface area contributed by atoms with Gasteiger partial charge in [-0.1, -0.05) is 30.3 Å². The van der Waals surface area contributed by atoms with Crippen LogP contribution in [0.25, 0.3) is 0 Å². The Hall–Kier alpha value is -3.06. The minimum absolute atomic E-state index is 0.163. The summed E-state index contributed by atoms with van der Waals surface area (Å²) in [7, 11) is 0. The summed E-state index contributed by atoms with van der Waals surface area (Å²) < 4.78 is 11.3. The van der Waals surface area contributed by atoms with Crippen LogP contribution in [-0.2, 0) is 4.79 Å². The van der Waals surface area contributed by atoms with Crippen molar-refractivity contribution in [1.82, 2.24) is 10.6 Å². The van der Waals surface area contributed by atoms with Gasteiger partial charge >= 0.3 is 0 Å². The van der Waals surface area contributed by atoms with Crippen molar-refractivity contribution in [3.63, 3.8) is 0 Å². The highest BCUT2D eigenvalue weighted by Crippen LogP contribution is 2.37. The van der Waals surface area contributed by atoms with Crippen molar-refractivity contribution < 1.29 is 14.3 Å². The van der Waals surface area contributed by atoms with Gasteiger partial charge < -0.3 is 25.4 Å². The van der Waals surface area contributed by atoms with Crippen LogP contribution in [0.4, 0.5) is 5.69 Å². The average Bonchev–Trinajstić information content (AvgIpc) is 2.69. The normalized spacial score (nSPS) is 20.5. The van der Waals surface area contributed by atoms with Crippen LogP contribution < -0.4 is 25.4 Å². The zero-order valence-electron chi connectivity index (χ0n) is 16.4. The molecule has 1 saturated heterocycles. The summed E-state index contributed by atoms with van der Waals surface area (Å²) in [5.41, 5.74) is 4.36. The molecule has 2 aromatic carbocycles. The van der Waals surface area contributed by atoms with Gasteiger partial charge in [0, 0.05) is 11.4 Å². The van der Waals surface area contributed by atoms with Crippen molar-refractivity contribution in [3.05, 3.63) is 65.4 Å².